The number of phenols is 1. The Balaban J connectivity index is 1.31. The maximum atomic E-state index is 14.0. The van der Waals surface area contributed by atoms with Crippen molar-refractivity contribution in [2.75, 3.05) is 0 Å². The van der Waals surface area contributed by atoms with Crippen molar-refractivity contribution in [3.05, 3.63) is 70.1 Å². The smallest absolute Gasteiger partial charge is 0.455 e. The van der Waals surface area contributed by atoms with Gasteiger partial charge in [-0.3, -0.25) is 19.5 Å². The van der Waals surface area contributed by atoms with Crippen LogP contribution in [0.1, 0.15) is 93.5 Å². The number of hydrogen-bond acceptors (Lipinski definition) is 6. The maximum Gasteiger partial charge on any atom is 0.455 e. The van der Waals surface area contributed by atoms with Crippen LogP contribution in [-0.4, -0.2) is 51.1 Å². The predicted octanol–water partition coefficient (Wildman–Crippen LogP) is 6.65. The Kier molecular flexibility index (Phi) is 9.11. The first-order valence-electron chi connectivity index (χ1n) is 16.6. The number of allylic oxidation sites excluding steroid dienone is 2. The molecular weight excluding hydrogens is 551 g/mol. The average Bonchev–Trinajstić information content (AvgIpc) is 3.27. The molecule has 4 aliphatic rings. The maximum absolute atomic E-state index is 14.0. The Labute approximate surface area is 261 Å². The number of rotatable bonds is 8. The van der Waals surface area contributed by atoms with Crippen LogP contribution >= 0.6 is 0 Å². The number of aryl methyl sites for hydroxylation is 2. The van der Waals surface area contributed by atoms with Gasteiger partial charge in [-0.1, -0.05) is 44.2 Å². The third kappa shape index (κ3) is 5.91. The number of phenolic OH excluding ortho intramolecular Hbond substituents is 1. The predicted molar refractivity (Wildman–Crippen MR) is 172 cm³/mol. The normalized spacial score (nSPS) is 26.3. The van der Waals surface area contributed by atoms with Gasteiger partial charge in [-0.05, 0) is 123 Å². The summed E-state index contributed by atoms with van der Waals surface area (Å²) in [5.41, 5.74) is 6.94. The van der Waals surface area contributed by atoms with Crippen molar-refractivity contribution in [3.8, 4) is 5.75 Å². The summed E-state index contributed by atoms with van der Waals surface area (Å²) in [6.45, 7) is 5.96. The number of benzene rings is 1. The monoisotopic (exact) mass is 596 g/mol. The number of likely N-dealkylation sites (tertiary alicyclic amines) is 1. The quantitative estimate of drug-likeness (QED) is 0.201. The molecule has 2 saturated heterocycles. The van der Waals surface area contributed by atoms with E-state index >= 15 is 0 Å². The molecule has 0 radical (unpaired) electrons. The van der Waals surface area contributed by atoms with Gasteiger partial charge in [-0.25, -0.2) is 0 Å². The van der Waals surface area contributed by atoms with Crippen LogP contribution in [0.3, 0.4) is 0 Å². The Hall–Kier alpha value is -3.23. The van der Waals surface area contributed by atoms with Crippen LogP contribution in [0.5, 0.6) is 5.75 Å². The fraction of sp³-hybridized carbons (Fsp3) is 0.528. The third-order valence-corrected chi connectivity index (χ3v) is 10.4. The van der Waals surface area contributed by atoms with Crippen molar-refractivity contribution >= 4 is 30.6 Å². The number of carbonyl (C=O) groups excluding carboxylic acids is 2. The number of pyridine rings is 1. The second kappa shape index (κ2) is 13.0. The van der Waals surface area contributed by atoms with Gasteiger partial charge in [0.25, 0.3) is 0 Å². The summed E-state index contributed by atoms with van der Waals surface area (Å²) >= 11 is 0. The third-order valence-electron chi connectivity index (χ3n) is 10.4. The van der Waals surface area contributed by atoms with Gasteiger partial charge in [0.1, 0.15) is 5.75 Å². The molecule has 44 heavy (non-hydrogen) atoms. The standard InChI is InChI=1S/C36H45BN2O5/c1-4-10-26-20-28-33(36(42)39(35(28)41)27-11-6-5-7-12-27)29-21-37(43)44-31(32(26)29)15-14-25(30-13-8-9-16-38-30)19-24-17-22(2)34(40)23(3)18-24/h8-9,13,16-19,27-29,31,33,40,43H,4-7,10-12,14-15,20-21H2,1-3H3/b25-19-/t28-,29+,31-,33-/m1/s1. The van der Waals surface area contributed by atoms with Gasteiger partial charge >= 0.3 is 7.12 Å². The molecule has 2 aliphatic heterocycles. The summed E-state index contributed by atoms with van der Waals surface area (Å²) in [6, 6.07) is 9.85. The van der Waals surface area contributed by atoms with Crippen molar-refractivity contribution in [3.63, 3.8) is 0 Å². The molecule has 2 aromatic rings. The number of aromatic nitrogens is 1. The van der Waals surface area contributed by atoms with Crippen LogP contribution in [-0.2, 0) is 14.2 Å². The van der Waals surface area contributed by atoms with E-state index in [1.54, 1.807) is 11.1 Å². The van der Waals surface area contributed by atoms with Crippen LogP contribution < -0.4 is 0 Å². The largest absolute Gasteiger partial charge is 0.507 e. The molecule has 6 rings (SSSR count). The Morgan fingerprint density at radius 2 is 1.84 bits per heavy atom. The molecular formula is C36H45BN2O5. The number of nitrogens with zero attached hydrogens (tertiary/aromatic N) is 2. The lowest BCUT2D eigenvalue weighted by molar-refractivity contribution is -0.143. The van der Waals surface area contributed by atoms with Crippen molar-refractivity contribution in [1.29, 1.82) is 0 Å². The zero-order valence-electron chi connectivity index (χ0n) is 26.3. The van der Waals surface area contributed by atoms with Gasteiger partial charge in [0.15, 0.2) is 0 Å². The number of hydrogen-bond donors (Lipinski definition) is 2. The number of fused-ring (bicyclic) bond motifs is 3. The van der Waals surface area contributed by atoms with Crippen LogP contribution in [0.4, 0.5) is 0 Å². The molecule has 4 atom stereocenters. The fourth-order valence-corrected chi connectivity index (χ4v) is 8.41. The minimum Gasteiger partial charge on any atom is -0.507 e. The van der Waals surface area contributed by atoms with Gasteiger partial charge < -0.3 is 14.8 Å². The molecule has 0 bridgehead atoms. The molecule has 1 saturated carbocycles. The fourth-order valence-electron chi connectivity index (χ4n) is 8.41. The lowest BCUT2D eigenvalue weighted by Crippen LogP contribution is -2.46. The highest BCUT2D eigenvalue weighted by atomic mass is 16.5. The summed E-state index contributed by atoms with van der Waals surface area (Å²) in [5, 5.41) is 21.3. The molecule has 2 amide bonds. The minimum absolute atomic E-state index is 0.0111. The zero-order chi connectivity index (χ0) is 31.0. The van der Waals surface area contributed by atoms with Crippen molar-refractivity contribution in [1.82, 2.24) is 9.88 Å². The van der Waals surface area contributed by atoms with Gasteiger partial charge in [0.05, 0.1) is 23.6 Å². The van der Waals surface area contributed by atoms with Gasteiger partial charge in [0, 0.05) is 12.2 Å². The highest BCUT2D eigenvalue weighted by molar-refractivity contribution is 6.43. The number of aromatic hydroxyl groups is 1. The topological polar surface area (TPSA) is 100.0 Å². The van der Waals surface area contributed by atoms with E-state index in [1.165, 1.54) is 12.0 Å². The number of carbonyl (C=O) groups is 2. The van der Waals surface area contributed by atoms with Crippen molar-refractivity contribution < 1.29 is 24.4 Å². The molecule has 232 valence electrons. The molecule has 0 spiro atoms. The minimum atomic E-state index is -0.980. The zero-order valence-corrected chi connectivity index (χ0v) is 26.3. The SMILES string of the molecule is CCCC1=C2[C@@H](CC/C(=C/c3cc(C)c(O)c(C)c3)c3ccccn3)OB(O)C[C@@H]2[C@@H]2C(=O)N(C3CCCCC3)C(=O)[C@@H]2C1. The van der Waals surface area contributed by atoms with E-state index in [0.29, 0.717) is 31.3 Å². The molecule has 2 aliphatic carbocycles. The van der Waals surface area contributed by atoms with E-state index < -0.39 is 13.0 Å². The van der Waals surface area contributed by atoms with Gasteiger partial charge in [0.2, 0.25) is 11.8 Å². The van der Waals surface area contributed by atoms with Crippen LogP contribution in [0.25, 0.3) is 11.6 Å². The van der Waals surface area contributed by atoms with Crippen molar-refractivity contribution in [2.45, 2.75) is 103 Å². The highest BCUT2D eigenvalue weighted by Crippen LogP contribution is 2.52. The second-order valence-corrected chi connectivity index (χ2v) is 13.3. The second-order valence-electron chi connectivity index (χ2n) is 13.3. The van der Waals surface area contributed by atoms with Crippen LogP contribution in [0.2, 0.25) is 6.32 Å². The lowest BCUT2D eigenvalue weighted by Gasteiger charge is -2.43. The van der Waals surface area contributed by atoms with E-state index in [9.17, 15) is 19.7 Å². The van der Waals surface area contributed by atoms with E-state index in [0.717, 1.165) is 72.1 Å². The summed E-state index contributed by atoms with van der Waals surface area (Å²) < 4.78 is 6.28. The molecule has 3 fully saturated rings. The summed E-state index contributed by atoms with van der Waals surface area (Å²) in [6.07, 6.45) is 12.7. The Bertz CT molecular complexity index is 1440. The van der Waals surface area contributed by atoms with Crippen LogP contribution in [0.15, 0.2) is 47.7 Å². The summed E-state index contributed by atoms with van der Waals surface area (Å²) in [7, 11) is -0.980. The van der Waals surface area contributed by atoms with Gasteiger partial charge in [-0.2, -0.15) is 0 Å². The van der Waals surface area contributed by atoms with E-state index in [4.69, 9.17) is 4.65 Å². The Morgan fingerprint density at radius 3 is 2.52 bits per heavy atom. The lowest BCUT2D eigenvalue weighted by atomic mass is 9.58. The van der Waals surface area contributed by atoms with E-state index in [1.807, 2.05) is 44.2 Å². The first-order valence-corrected chi connectivity index (χ1v) is 16.6. The first kappa shape index (κ1) is 30.8. The van der Waals surface area contributed by atoms with E-state index in [-0.39, 0.29) is 35.8 Å². The molecule has 1 aromatic heterocycles. The molecule has 0 unspecified atom stereocenters. The van der Waals surface area contributed by atoms with Crippen LogP contribution in [0, 0.1) is 31.6 Å². The summed E-state index contributed by atoms with van der Waals surface area (Å²) in [4.78, 5) is 34.1. The molecule has 8 heteroatoms. The molecule has 2 N–H and O–H groups in total. The molecule has 1 aromatic carbocycles. The summed E-state index contributed by atoms with van der Waals surface area (Å²) in [5.74, 6) is -0.615. The molecule has 7 nitrogen and oxygen atoms in total. The van der Waals surface area contributed by atoms with E-state index in [2.05, 4.69) is 18.0 Å². The average molecular weight is 597 g/mol. The first-order chi connectivity index (χ1) is 21.3. The number of imide groups is 1. The number of amides is 2. The molecule has 3 heterocycles. The van der Waals surface area contributed by atoms with Crippen molar-refractivity contribution in [2.24, 2.45) is 17.8 Å². The highest BCUT2D eigenvalue weighted by Gasteiger charge is 2.58. The van der Waals surface area contributed by atoms with Gasteiger partial charge in [-0.15, -0.1) is 0 Å². The Morgan fingerprint density at radius 1 is 1.09 bits per heavy atom.